The SMILES string of the molecule is Cc1ccc2c(c1)C(C)(C)/C(=C\C=CC(=CC=CC1=[N+](CCCCS(=O)(=O)[O-])c3ccc(SOO[O-])cc3C1(C)C)CCS(=O)(=O)[O-])N2CCCCS(=O)(=O)[O-].[Na+].[Na+].[Na+]. The van der Waals surface area contributed by atoms with E-state index in [0.29, 0.717) is 36.4 Å². The maximum Gasteiger partial charge on any atom is 1.00 e. The first kappa shape index (κ1) is 56.8. The summed E-state index contributed by atoms with van der Waals surface area (Å²) in [6, 6.07) is 11.5. The van der Waals surface area contributed by atoms with Gasteiger partial charge in [-0.3, -0.25) is 5.04 Å². The molecular formula is C38H47N2Na3O12S4. The molecule has 0 radical (unpaired) electrons. The fraction of sp³-hybridized carbons (Fsp3) is 0.447. The zero-order valence-electron chi connectivity index (χ0n) is 34.9. The molecule has 2 aliphatic heterocycles. The second-order valence-electron chi connectivity index (χ2n) is 14.8. The van der Waals surface area contributed by atoms with Crippen molar-refractivity contribution in [2.24, 2.45) is 0 Å². The molecule has 0 N–H and O–H groups in total. The maximum absolute atomic E-state index is 11.7. The van der Waals surface area contributed by atoms with Gasteiger partial charge in [0.05, 0.1) is 47.8 Å². The quantitative estimate of drug-likeness (QED) is 0.0181. The number of allylic oxidation sites excluding steroid dienone is 8. The van der Waals surface area contributed by atoms with E-state index in [0.717, 1.165) is 51.5 Å². The Morgan fingerprint density at radius 3 is 2.03 bits per heavy atom. The fourth-order valence-electron chi connectivity index (χ4n) is 7.12. The van der Waals surface area contributed by atoms with Crippen molar-refractivity contribution in [1.29, 1.82) is 0 Å². The third-order valence-corrected chi connectivity index (χ3v) is 12.7. The van der Waals surface area contributed by atoms with E-state index in [1.54, 1.807) is 30.4 Å². The van der Waals surface area contributed by atoms with E-state index in [9.17, 15) is 44.2 Å². The molecule has 0 bridgehead atoms. The number of aryl methyl sites for hydroxylation is 1. The minimum Gasteiger partial charge on any atom is -0.748 e. The number of unbranched alkanes of at least 4 members (excludes halogenated alkanes) is 2. The summed E-state index contributed by atoms with van der Waals surface area (Å²) in [4.78, 5) is 2.71. The van der Waals surface area contributed by atoms with E-state index in [4.69, 9.17) is 0 Å². The van der Waals surface area contributed by atoms with Crippen LogP contribution < -0.4 is 98.8 Å². The molecule has 4 rings (SSSR count). The van der Waals surface area contributed by atoms with Gasteiger partial charge in [0.15, 0.2) is 5.71 Å². The molecule has 0 spiro atoms. The Kier molecular flexibility index (Phi) is 23.3. The molecule has 0 atom stereocenters. The molecule has 0 amide bonds. The number of hydrogen-bond donors (Lipinski definition) is 0. The molecule has 0 unspecified atom stereocenters. The molecule has 2 aromatic rings. The van der Waals surface area contributed by atoms with Gasteiger partial charge in [0, 0.05) is 69.6 Å². The summed E-state index contributed by atoms with van der Waals surface area (Å²) < 4.78 is 109. The molecule has 2 heterocycles. The fourth-order valence-corrected chi connectivity index (χ4v) is 9.12. The summed E-state index contributed by atoms with van der Waals surface area (Å²) in [6.07, 6.45) is 11.9. The number of nitrogens with zero attached hydrogens (tertiary/aromatic N) is 2. The van der Waals surface area contributed by atoms with Crippen LogP contribution in [0.4, 0.5) is 11.4 Å². The van der Waals surface area contributed by atoms with Crippen LogP contribution in [0.5, 0.6) is 0 Å². The molecule has 21 heteroatoms. The van der Waals surface area contributed by atoms with Crippen LogP contribution in [0.3, 0.4) is 0 Å². The van der Waals surface area contributed by atoms with Crippen molar-refractivity contribution in [3.8, 4) is 0 Å². The number of rotatable bonds is 20. The predicted molar refractivity (Wildman–Crippen MR) is 210 cm³/mol. The molecule has 14 nitrogen and oxygen atoms in total. The minimum absolute atomic E-state index is 0. The van der Waals surface area contributed by atoms with Crippen molar-refractivity contribution in [2.75, 3.05) is 35.2 Å². The average molecular weight is 921 g/mol. The number of hydrogen-bond acceptors (Lipinski definition) is 14. The van der Waals surface area contributed by atoms with E-state index >= 15 is 0 Å². The summed E-state index contributed by atoms with van der Waals surface area (Å²) in [5.41, 5.74) is 6.05. The minimum atomic E-state index is -4.55. The van der Waals surface area contributed by atoms with Gasteiger partial charge in [-0.1, -0.05) is 55.8 Å². The van der Waals surface area contributed by atoms with Crippen molar-refractivity contribution in [3.63, 3.8) is 0 Å². The Morgan fingerprint density at radius 2 is 1.42 bits per heavy atom. The monoisotopic (exact) mass is 920 g/mol. The molecule has 0 aliphatic carbocycles. The van der Waals surface area contributed by atoms with Crippen molar-refractivity contribution in [2.45, 2.75) is 82.4 Å². The molecule has 0 aromatic heterocycles. The van der Waals surface area contributed by atoms with Crippen molar-refractivity contribution in [3.05, 3.63) is 101 Å². The standard InChI is InChI=1S/C38H50N2O12S4.3Na/c1-28-16-18-33-31(26-28)37(2,3)35(39(33)21-6-8-23-54(42,43)44)14-10-12-29(20-25-56(48,49)50)13-11-15-36-38(4,5)32-27-30(53-52-51-41)17-19-34(32)40(36)22-7-9-24-55(45,46)47;;;/h10-19,26-27H,6-9,20-25H2,1-5H3,(H3-,41,42,43,44,45,46,47,48,49,50);;;/q;3*+1/p-3. The van der Waals surface area contributed by atoms with Crippen LogP contribution in [0, 0.1) is 6.92 Å². The maximum atomic E-state index is 11.7. The topological polar surface area (TPSA) is 219 Å². The van der Waals surface area contributed by atoms with Crippen molar-refractivity contribution in [1.82, 2.24) is 0 Å². The smallest absolute Gasteiger partial charge is 0.748 e. The Labute approximate surface area is 419 Å². The van der Waals surface area contributed by atoms with Gasteiger partial charge in [0.2, 0.25) is 5.69 Å². The van der Waals surface area contributed by atoms with Crippen LogP contribution in [0.2, 0.25) is 0 Å². The first-order valence-corrected chi connectivity index (χ1v) is 23.4. The Bertz CT molecular complexity index is 2270. The van der Waals surface area contributed by atoms with Gasteiger partial charge in [-0.05, 0) is 81.9 Å². The van der Waals surface area contributed by atoms with E-state index in [-0.39, 0.29) is 108 Å². The molecule has 0 saturated heterocycles. The summed E-state index contributed by atoms with van der Waals surface area (Å²) >= 11 is 0.747. The average Bonchev–Trinajstić information content (AvgIpc) is 3.42. The summed E-state index contributed by atoms with van der Waals surface area (Å²) in [6.45, 7) is 11.0. The number of benzene rings is 2. The van der Waals surface area contributed by atoms with Gasteiger partial charge in [0.25, 0.3) is 0 Å². The normalized spacial score (nSPS) is 16.9. The van der Waals surface area contributed by atoms with Gasteiger partial charge < -0.3 is 23.8 Å². The summed E-state index contributed by atoms with van der Waals surface area (Å²) in [5.74, 6) is -1.57. The van der Waals surface area contributed by atoms with E-state index in [2.05, 4.69) is 34.2 Å². The van der Waals surface area contributed by atoms with Crippen molar-refractivity contribution < 1.29 is 147 Å². The van der Waals surface area contributed by atoms with Gasteiger partial charge in [-0.2, -0.15) is 8.91 Å². The molecule has 308 valence electrons. The second-order valence-corrected chi connectivity index (χ2v) is 20.2. The van der Waals surface area contributed by atoms with Gasteiger partial charge >= 0.3 is 88.7 Å². The molecule has 2 aliphatic rings. The van der Waals surface area contributed by atoms with Gasteiger partial charge in [-0.25, -0.2) is 25.3 Å². The first-order valence-electron chi connectivity index (χ1n) is 17.9. The van der Waals surface area contributed by atoms with Crippen LogP contribution >= 0.6 is 12.0 Å². The molecular weight excluding hydrogens is 874 g/mol. The van der Waals surface area contributed by atoms with Gasteiger partial charge in [-0.15, -0.1) is 0 Å². The zero-order chi connectivity index (χ0) is 41.5. The van der Waals surface area contributed by atoms with Crippen LogP contribution in [0.25, 0.3) is 0 Å². The van der Waals surface area contributed by atoms with Crippen LogP contribution in [0.1, 0.15) is 76.5 Å². The molecule has 0 saturated carbocycles. The van der Waals surface area contributed by atoms with E-state index in [1.807, 2.05) is 61.8 Å². The Balaban J connectivity index is 0.00000580. The Morgan fingerprint density at radius 1 is 0.797 bits per heavy atom. The second kappa shape index (κ2) is 24.2. The van der Waals surface area contributed by atoms with Crippen LogP contribution in [-0.2, 0) is 50.6 Å². The third-order valence-electron chi connectivity index (χ3n) is 9.89. The van der Waals surface area contributed by atoms with Crippen LogP contribution in [0.15, 0.2) is 89.0 Å². The third kappa shape index (κ3) is 16.7. The molecule has 2 aromatic carbocycles. The number of anilines is 1. The summed E-state index contributed by atoms with van der Waals surface area (Å²) in [7, 11) is -13.3. The first-order chi connectivity index (χ1) is 26.0. The van der Waals surface area contributed by atoms with Crippen molar-refractivity contribution >= 4 is 59.5 Å². The number of fused-ring (bicyclic) bond motifs is 2. The van der Waals surface area contributed by atoms with Crippen LogP contribution in [-0.4, -0.2) is 79.5 Å². The molecule has 0 fully saturated rings. The van der Waals surface area contributed by atoms with Gasteiger partial charge in [0.1, 0.15) is 6.54 Å². The zero-order valence-corrected chi connectivity index (χ0v) is 44.2. The van der Waals surface area contributed by atoms with E-state index in [1.165, 1.54) is 0 Å². The largest absolute Gasteiger partial charge is 1.00 e. The van der Waals surface area contributed by atoms with E-state index < -0.39 is 58.4 Å². The molecule has 59 heavy (non-hydrogen) atoms. The summed E-state index contributed by atoms with van der Waals surface area (Å²) in [5, 5.41) is 13.9. The Hall–Kier alpha value is -0.170. The predicted octanol–water partition coefficient (Wildman–Crippen LogP) is -4.08.